The summed E-state index contributed by atoms with van der Waals surface area (Å²) in [6, 6.07) is 7.50. The summed E-state index contributed by atoms with van der Waals surface area (Å²) in [4.78, 5) is 8.45. The van der Waals surface area contributed by atoms with E-state index in [2.05, 4.69) is 30.7 Å². The zero-order valence-corrected chi connectivity index (χ0v) is 14.1. The molecule has 2 N–H and O–H groups in total. The van der Waals surface area contributed by atoms with Crippen LogP contribution in [0.15, 0.2) is 30.6 Å². The van der Waals surface area contributed by atoms with Gasteiger partial charge in [0.25, 0.3) is 0 Å². The van der Waals surface area contributed by atoms with Gasteiger partial charge in [0.05, 0.1) is 10.9 Å². The van der Waals surface area contributed by atoms with Crippen molar-refractivity contribution in [1.82, 2.24) is 19.7 Å². The van der Waals surface area contributed by atoms with Gasteiger partial charge in [0.15, 0.2) is 5.65 Å². The van der Waals surface area contributed by atoms with Gasteiger partial charge in [-0.1, -0.05) is 23.7 Å². The molecule has 116 valence electrons. The number of rotatable bonds is 1. The van der Waals surface area contributed by atoms with Crippen molar-refractivity contribution in [3.05, 3.63) is 35.6 Å². The number of nitrogens with zero attached hydrogens (tertiary/aromatic N) is 4. The highest BCUT2D eigenvalue weighted by Gasteiger charge is 2.23. The third kappa shape index (κ3) is 2.74. The SMILES string of the molecule is CC(C)(C)n1nc(-c2ccc(Cl)cc2)c2c(N)ncnc21.Cl. The number of benzene rings is 1. The number of nitrogens with two attached hydrogens (primary N) is 1. The molecule has 0 spiro atoms. The Morgan fingerprint density at radius 1 is 1.09 bits per heavy atom. The molecule has 0 amide bonds. The molecule has 3 rings (SSSR count). The third-order valence-corrected chi connectivity index (χ3v) is 3.50. The number of hydrogen-bond acceptors (Lipinski definition) is 4. The fourth-order valence-electron chi connectivity index (χ4n) is 2.25. The Bertz CT molecular complexity index is 803. The first kappa shape index (κ1) is 16.5. The molecule has 2 aromatic heterocycles. The molecule has 0 saturated carbocycles. The van der Waals surface area contributed by atoms with Crippen LogP contribution < -0.4 is 5.73 Å². The van der Waals surface area contributed by atoms with Gasteiger partial charge in [-0.3, -0.25) is 0 Å². The Labute approximate surface area is 139 Å². The monoisotopic (exact) mass is 337 g/mol. The summed E-state index contributed by atoms with van der Waals surface area (Å²) >= 11 is 5.95. The molecule has 0 aliphatic rings. The molecule has 22 heavy (non-hydrogen) atoms. The highest BCUT2D eigenvalue weighted by Crippen LogP contribution is 2.33. The predicted octanol–water partition coefficient (Wildman–Crippen LogP) is 3.91. The van der Waals surface area contributed by atoms with E-state index in [-0.39, 0.29) is 17.9 Å². The molecule has 0 saturated heterocycles. The summed E-state index contributed by atoms with van der Waals surface area (Å²) in [6.07, 6.45) is 1.47. The average Bonchev–Trinajstić information content (AvgIpc) is 2.80. The number of fused-ring (bicyclic) bond motifs is 1. The van der Waals surface area contributed by atoms with Crippen LogP contribution in [0.1, 0.15) is 20.8 Å². The summed E-state index contributed by atoms with van der Waals surface area (Å²) in [5.74, 6) is 0.431. The molecule has 0 fully saturated rings. The summed E-state index contributed by atoms with van der Waals surface area (Å²) in [6.45, 7) is 6.22. The van der Waals surface area contributed by atoms with Gasteiger partial charge in [-0.05, 0) is 32.9 Å². The number of nitrogen functional groups attached to an aromatic ring is 1. The van der Waals surface area contributed by atoms with Crippen molar-refractivity contribution in [3.8, 4) is 11.3 Å². The van der Waals surface area contributed by atoms with Crippen LogP contribution in [0, 0.1) is 0 Å². The lowest BCUT2D eigenvalue weighted by Crippen LogP contribution is -2.23. The molecular formula is C15H17Cl2N5. The molecule has 0 bridgehead atoms. The molecule has 0 aliphatic heterocycles. The summed E-state index contributed by atoms with van der Waals surface area (Å²) < 4.78 is 1.88. The van der Waals surface area contributed by atoms with E-state index in [1.54, 1.807) is 0 Å². The Morgan fingerprint density at radius 2 is 1.73 bits per heavy atom. The summed E-state index contributed by atoms with van der Waals surface area (Å²) in [5, 5.41) is 6.17. The highest BCUT2D eigenvalue weighted by molar-refractivity contribution is 6.30. The molecule has 7 heteroatoms. The van der Waals surface area contributed by atoms with Gasteiger partial charge >= 0.3 is 0 Å². The third-order valence-electron chi connectivity index (χ3n) is 3.25. The maximum absolute atomic E-state index is 6.05. The van der Waals surface area contributed by atoms with E-state index >= 15 is 0 Å². The van der Waals surface area contributed by atoms with Crippen molar-refractivity contribution >= 4 is 40.9 Å². The van der Waals surface area contributed by atoms with Crippen LogP contribution >= 0.6 is 24.0 Å². The minimum Gasteiger partial charge on any atom is -0.383 e. The molecule has 0 atom stereocenters. The van der Waals surface area contributed by atoms with Gasteiger partial charge in [0.1, 0.15) is 17.8 Å². The van der Waals surface area contributed by atoms with E-state index < -0.39 is 0 Å². The smallest absolute Gasteiger partial charge is 0.164 e. The lowest BCUT2D eigenvalue weighted by Gasteiger charge is -2.19. The second kappa shape index (κ2) is 5.74. The predicted molar refractivity (Wildman–Crippen MR) is 92.4 cm³/mol. The van der Waals surface area contributed by atoms with Gasteiger partial charge in [-0.15, -0.1) is 12.4 Å². The molecule has 2 heterocycles. The zero-order chi connectivity index (χ0) is 15.2. The second-order valence-electron chi connectivity index (χ2n) is 5.90. The van der Waals surface area contributed by atoms with E-state index in [0.717, 1.165) is 22.3 Å². The minimum absolute atomic E-state index is 0. The fourth-order valence-corrected chi connectivity index (χ4v) is 2.38. The molecule has 1 aromatic carbocycles. The first-order valence-electron chi connectivity index (χ1n) is 6.63. The van der Waals surface area contributed by atoms with Crippen LogP contribution in [0.4, 0.5) is 5.82 Å². The molecule has 0 radical (unpaired) electrons. The van der Waals surface area contributed by atoms with Crippen molar-refractivity contribution in [2.45, 2.75) is 26.3 Å². The molecule has 5 nitrogen and oxygen atoms in total. The van der Waals surface area contributed by atoms with Crippen LogP contribution in [0.3, 0.4) is 0 Å². The van der Waals surface area contributed by atoms with Crippen LogP contribution in [-0.4, -0.2) is 19.7 Å². The average molecular weight is 338 g/mol. The quantitative estimate of drug-likeness (QED) is 0.730. The van der Waals surface area contributed by atoms with E-state index in [9.17, 15) is 0 Å². The summed E-state index contributed by atoms with van der Waals surface area (Å²) in [5.41, 5.74) is 8.29. The maximum Gasteiger partial charge on any atom is 0.164 e. The number of halogens is 2. The first-order valence-corrected chi connectivity index (χ1v) is 7.01. The van der Waals surface area contributed by atoms with E-state index in [1.807, 2.05) is 28.9 Å². The minimum atomic E-state index is -0.205. The second-order valence-corrected chi connectivity index (χ2v) is 6.33. The number of aromatic nitrogens is 4. The van der Waals surface area contributed by atoms with Crippen LogP contribution in [0.5, 0.6) is 0 Å². The molecule has 3 aromatic rings. The van der Waals surface area contributed by atoms with E-state index in [1.165, 1.54) is 6.33 Å². The van der Waals surface area contributed by atoms with Crippen molar-refractivity contribution < 1.29 is 0 Å². The first-order chi connectivity index (χ1) is 9.88. The molecule has 0 aliphatic carbocycles. The van der Waals surface area contributed by atoms with Crippen LogP contribution in [0.25, 0.3) is 22.3 Å². The van der Waals surface area contributed by atoms with Gasteiger partial charge in [0.2, 0.25) is 0 Å². The van der Waals surface area contributed by atoms with Crippen molar-refractivity contribution in [3.63, 3.8) is 0 Å². The Balaban J connectivity index is 0.00000176. The van der Waals surface area contributed by atoms with Crippen molar-refractivity contribution in [1.29, 1.82) is 0 Å². The largest absolute Gasteiger partial charge is 0.383 e. The van der Waals surface area contributed by atoms with Gasteiger partial charge in [-0.25, -0.2) is 14.6 Å². The van der Waals surface area contributed by atoms with Gasteiger partial charge < -0.3 is 5.73 Å². The fraction of sp³-hybridized carbons (Fsp3) is 0.267. The Morgan fingerprint density at radius 3 is 2.32 bits per heavy atom. The van der Waals surface area contributed by atoms with Crippen molar-refractivity contribution in [2.24, 2.45) is 0 Å². The van der Waals surface area contributed by atoms with Crippen molar-refractivity contribution in [2.75, 3.05) is 5.73 Å². The van der Waals surface area contributed by atoms with Crippen LogP contribution in [-0.2, 0) is 5.54 Å². The molecule has 0 unspecified atom stereocenters. The number of anilines is 1. The van der Waals surface area contributed by atoms with Gasteiger partial charge in [0, 0.05) is 10.6 Å². The number of hydrogen-bond donors (Lipinski definition) is 1. The van der Waals surface area contributed by atoms with E-state index in [0.29, 0.717) is 10.8 Å². The maximum atomic E-state index is 6.05. The normalized spacial score (nSPS) is 11.5. The standard InChI is InChI=1S/C15H16ClN5.ClH/c1-15(2,3)21-14-11(13(17)18-8-19-14)12(20-21)9-4-6-10(16)7-5-9;/h4-8H,1-3H3,(H2,17,18,19);1H. The molecular weight excluding hydrogens is 321 g/mol. The Hall–Kier alpha value is -1.85. The topological polar surface area (TPSA) is 69.6 Å². The highest BCUT2D eigenvalue weighted by atomic mass is 35.5. The Kier molecular flexibility index (Phi) is 4.31. The van der Waals surface area contributed by atoms with Gasteiger partial charge in [-0.2, -0.15) is 5.10 Å². The lowest BCUT2D eigenvalue weighted by molar-refractivity contribution is 0.367. The summed E-state index contributed by atoms with van der Waals surface area (Å²) in [7, 11) is 0. The zero-order valence-electron chi connectivity index (χ0n) is 12.5. The van der Waals surface area contributed by atoms with E-state index in [4.69, 9.17) is 22.4 Å². The lowest BCUT2D eigenvalue weighted by atomic mass is 10.1. The van der Waals surface area contributed by atoms with Crippen LogP contribution in [0.2, 0.25) is 5.02 Å².